The summed E-state index contributed by atoms with van der Waals surface area (Å²) >= 11 is 0. The first-order valence-corrected chi connectivity index (χ1v) is 9.20. The minimum Gasteiger partial charge on any atom is -0.343 e. The molecule has 6 heteroatoms. The normalized spacial score (nSPS) is 13.9. The van der Waals surface area contributed by atoms with E-state index in [9.17, 15) is 9.59 Å². The van der Waals surface area contributed by atoms with Crippen LogP contribution in [0.2, 0.25) is 0 Å². The van der Waals surface area contributed by atoms with E-state index in [0.29, 0.717) is 5.56 Å². The lowest BCUT2D eigenvalue weighted by atomic mass is 10.0. The van der Waals surface area contributed by atoms with Gasteiger partial charge in [0.25, 0.3) is 5.91 Å². The van der Waals surface area contributed by atoms with Crippen molar-refractivity contribution in [3.05, 3.63) is 54.2 Å². The number of nitrogens with one attached hydrogen (secondary N) is 1. The molecule has 2 heterocycles. The molecule has 0 unspecified atom stereocenters. The highest BCUT2D eigenvalue weighted by atomic mass is 16.2. The Hall–Kier alpha value is -3.15. The average molecular weight is 362 g/mol. The predicted octanol–water partition coefficient (Wildman–Crippen LogP) is 2.59. The van der Waals surface area contributed by atoms with Crippen LogP contribution in [-0.4, -0.2) is 46.1 Å². The maximum atomic E-state index is 12.3. The molecule has 1 N–H and O–H groups in total. The number of carbonyl (C=O) groups is 2. The summed E-state index contributed by atoms with van der Waals surface area (Å²) in [5.41, 5.74) is 3.74. The summed E-state index contributed by atoms with van der Waals surface area (Å²) < 4.78 is 1.84. The van der Waals surface area contributed by atoms with E-state index in [1.165, 1.54) is 0 Å². The summed E-state index contributed by atoms with van der Waals surface area (Å²) in [6.07, 6.45) is 3.94. The monoisotopic (exact) mass is 362 g/mol. The molecular weight excluding hydrogens is 340 g/mol. The minimum atomic E-state index is -0.225. The van der Waals surface area contributed by atoms with Crippen LogP contribution < -0.4 is 5.32 Å². The van der Waals surface area contributed by atoms with Crippen LogP contribution in [0.25, 0.3) is 22.0 Å². The zero-order chi connectivity index (χ0) is 18.8. The fourth-order valence-electron chi connectivity index (χ4n) is 3.49. The van der Waals surface area contributed by atoms with Crippen molar-refractivity contribution in [1.82, 2.24) is 20.0 Å². The van der Waals surface area contributed by atoms with Gasteiger partial charge in [0.05, 0.1) is 18.3 Å². The second-order valence-corrected chi connectivity index (χ2v) is 6.89. The van der Waals surface area contributed by atoms with Crippen molar-refractivity contribution in [1.29, 1.82) is 0 Å². The molecule has 0 aliphatic carbocycles. The first-order valence-electron chi connectivity index (χ1n) is 9.20. The fraction of sp³-hybridized carbons (Fsp3) is 0.286. The Bertz CT molecular complexity index is 985. The molecule has 0 spiro atoms. The van der Waals surface area contributed by atoms with Crippen molar-refractivity contribution in [2.24, 2.45) is 7.05 Å². The van der Waals surface area contributed by atoms with Gasteiger partial charge in [-0.3, -0.25) is 14.3 Å². The SMILES string of the molecule is Cn1ncc2cc(-c3ccc(C(=O)NCC(=O)N4CCCC4)cc3)ccc21. The lowest BCUT2D eigenvalue weighted by Gasteiger charge is -2.15. The van der Waals surface area contributed by atoms with Gasteiger partial charge in [0.15, 0.2) is 0 Å². The van der Waals surface area contributed by atoms with Crippen LogP contribution in [-0.2, 0) is 11.8 Å². The molecule has 27 heavy (non-hydrogen) atoms. The maximum absolute atomic E-state index is 12.3. The summed E-state index contributed by atoms with van der Waals surface area (Å²) in [6.45, 7) is 1.65. The highest BCUT2D eigenvalue weighted by Gasteiger charge is 2.18. The number of amides is 2. The number of hydrogen-bond donors (Lipinski definition) is 1. The number of aryl methyl sites for hydroxylation is 1. The molecule has 138 valence electrons. The number of carbonyl (C=O) groups excluding carboxylic acids is 2. The summed E-state index contributed by atoms with van der Waals surface area (Å²) in [4.78, 5) is 26.1. The predicted molar refractivity (Wildman–Crippen MR) is 104 cm³/mol. The second-order valence-electron chi connectivity index (χ2n) is 6.89. The molecule has 1 aromatic heterocycles. The second kappa shape index (κ2) is 7.23. The number of nitrogens with zero attached hydrogens (tertiary/aromatic N) is 3. The summed E-state index contributed by atoms with van der Waals surface area (Å²) in [5, 5.41) is 8.07. The fourth-order valence-corrected chi connectivity index (χ4v) is 3.49. The van der Waals surface area contributed by atoms with Gasteiger partial charge in [0, 0.05) is 31.1 Å². The molecule has 1 aliphatic heterocycles. The Morgan fingerprint density at radius 2 is 1.74 bits per heavy atom. The number of rotatable bonds is 4. The number of aromatic nitrogens is 2. The van der Waals surface area contributed by atoms with Gasteiger partial charge >= 0.3 is 0 Å². The Labute approximate surface area is 157 Å². The van der Waals surface area contributed by atoms with Gasteiger partial charge in [-0.1, -0.05) is 18.2 Å². The van der Waals surface area contributed by atoms with Gasteiger partial charge < -0.3 is 10.2 Å². The third-order valence-electron chi connectivity index (χ3n) is 5.09. The van der Waals surface area contributed by atoms with E-state index in [4.69, 9.17) is 0 Å². The molecule has 1 saturated heterocycles. The number of likely N-dealkylation sites (tertiary alicyclic amines) is 1. The van der Waals surface area contributed by atoms with Gasteiger partial charge in [0.2, 0.25) is 5.91 Å². The third-order valence-corrected chi connectivity index (χ3v) is 5.09. The molecule has 2 amide bonds. The van der Waals surface area contributed by atoms with Crippen molar-refractivity contribution < 1.29 is 9.59 Å². The highest BCUT2D eigenvalue weighted by Crippen LogP contribution is 2.24. The maximum Gasteiger partial charge on any atom is 0.251 e. The van der Waals surface area contributed by atoms with Gasteiger partial charge in [-0.25, -0.2) is 0 Å². The lowest BCUT2D eigenvalue weighted by Crippen LogP contribution is -2.38. The van der Waals surface area contributed by atoms with Crippen molar-refractivity contribution in [3.63, 3.8) is 0 Å². The molecular formula is C21H22N4O2. The van der Waals surface area contributed by atoms with E-state index in [2.05, 4.69) is 16.5 Å². The number of fused-ring (bicyclic) bond motifs is 1. The van der Waals surface area contributed by atoms with E-state index in [1.807, 2.05) is 42.2 Å². The van der Waals surface area contributed by atoms with E-state index >= 15 is 0 Å². The van der Waals surface area contributed by atoms with Crippen LogP contribution in [0.4, 0.5) is 0 Å². The van der Waals surface area contributed by atoms with Crippen molar-refractivity contribution in [2.75, 3.05) is 19.6 Å². The van der Waals surface area contributed by atoms with Crippen LogP contribution in [0.3, 0.4) is 0 Å². The zero-order valence-corrected chi connectivity index (χ0v) is 15.3. The molecule has 4 rings (SSSR count). The molecule has 6 nitrogen and oxygen atoms in total. The molecule has 1 fully saturated rings. The van der Waals surface area contributed by atoms with Crippen LogP contribution in [0, 0.1) is 0 Å². The van der Waals surface area contributed by atoms with Gasteiger partial charge in [-0.05, 0) is 48.2 Å². The summed E-state index contributed by atoms with van der Waals surface area (Å²) in [7, 11) is 1.92. The largest absolute Gasteiger partial charge is 0.343 e. The zero-order valence-electron chi connectivity index (χ0n) is 15.3. The minimum absolute atomic E-state index is 0.0118. The van der Waals surface area contributed by atoms with Crippen molar-refractivity contribution in [3.8, 4) is 11.1 Å². The van der Waals surface area contributed by atoms with Crippen LogP contribution in [0.5, 0.6) is 0 Å². The van der Waals surface area contributed by atoms with Crippen LogP contribution >= 0.6 is 0 Å². The first-order chi connectivity index (χ1) is 13.1. The van der Waals surface area contributed by atoms with Gasteiger partial charge in [-0.2, -0.15) is 5.10 Å². The number of benzene rings is 2. The molecule has 3 aromatic rings. The summed E-state index contributed by atoms with van der Waals surface area (Å²) in [6, 6.07) is 13.6. The van der Waals surface area contributed by atoms with Crippen LogP contribution in [0.15, 0.2) is 48.7 Å². The molecule has 2 aromatic carbocycles. The Balaban J connectivity index is 1.42. The molecule has 1 aliphatic rings. The molecule has 0 bridgehead atoms. The molecule has 0 saturated carbocycles. The van der Waals surface area contributed by atoms with Gasteiger partial charge in [-0.15, -0.1) is 0 Å². The van der Waals surface area contributed by atoms with E-state index in [1.54, 1.807) is 17.0 Å². The third kappa shape index (κ3) is 3.56. The molecule has 0 atom stereocenters. The highest BCUT2D eigenvalue weighted by molar-refractivity contribution is 5.97. The standard InChI is InChI=1S/C21H22N4O2/c1-24-19-9-8-17(12-18(19)13-23-24)15-4-6-16(7-5-15)21(27)22-14-20(26)25-10-2-3-11-25/h4-9,12-13H,2-3,10-11,14H2,1H3,(H,22,27). The van der Waals surface area contributed by atoms with E-state index < -0.39 is 0 Å². The number of hydrogen-bond acceptors (Lipinski definition) is 3. The smallest absolute Gasteiger partial charge is 0.251 e. The Morgan fingerprint density at radius 3 is 2.48 bits per heavy atom. The Kier molecular flexibility index (Phi) is 4.62. The lowest BCUT2D eigenvalue weighted by molar-refractivity contribution is -0.129. The van der Waals surface area contributed by atoms with Gasteiger partial charge in [0.1, 0.15) is 0 Å². The van der Waals surface area contributed by atoms with Crippen molar-refractivity contribution in [2.45, 2.75) is 12.8 Å². The Morgan fingerprint density at radius 1 is 1.04 bits per heavy atom. The molecule has 0 radical (unpaired) electrons. The van der Waals surface area contributed by atoms with Crippen LogP contribution in [0.1, 0.15) is 23.2 Å². The topological polar surface area (TPSA) is 67.2 Å². The first kappa shape index (κ1) is 17.3. The van der Waals surface area contributed by atoms with E-state index in [0.717, 1.165) is 48.0 Å². The van der Waals surface area contributed by atoms with Crippen molar-refractivity contribution >= 4 is 22.7 Å². The quantitative estimate of drug-likeness (QED) is 0.776. The van der Waals surface area contributed by atoms with E-state index in [-0.39, 0.29) is 18.4 Å². The summed E-state index contributed by atoms with van der Waals surface area (Å²) in [5.74, 6) is -0.237. The average Bonchev–Trinajstić information content (AvgIpc) is 3.36.